The van der Waals surface area contributed by atoms with Gasteiger partial charge in [0.15, 0.2) is 0 Å². The third kappa shape index (κ3) is 1.72. The average Bonchev–Trinajstić information content (AvgIpc) is 3.18. The molecule has 0 aliphatic rings. The molecule has 0 saturated heterocycles. The van der Waals surface area contributed by atoms with Crippen LogP contribution < -0.4 is 0 Å². The lowest BCUT2D eigenvalue weighted by molar-refractivity contribution is 1.19. The lowest BCUT2D eigenvalue weighted by Gasteiger charge is -2.07. The molecule has 0 fully saturated rings. The van der Waals surface area contributed by atoms with Crippen molar-refractivity contribution in [1.82, 2.24) is 14.4 Å². The predicted molar refractivity (Wildman–Crippen MR) is 80.4 cm³/mol. The second-order valence-electron chi connectivity index (χ2n) is 4.77. The predicted octanol–water partition coefficient (Wildman–Crippen LogP) is 4.00. The second kappa shape index (κ2) is 4.38. The summed E-state index contributed by atoms with van der Waals surface area (Å²) in [6.45, 7) is 0. The van der Waals surface area contributed by atoms with Gasteiger partial charge in [-0.25, -0.2) is 4.98 Å². The van der Waals surface area contributed by atoms with Crippen LogP contribution in [0.15, 0.2) is 73.4 Å². The first-order chi connectivity index (χ1) is 9.92. The zero-order valence-electron chi connectivity index (χ0n) is 10.8. The minimum atomic E-state index is 0.982. The smallest absolute Gasteiger partial charge is 0.144 e. The van der Waals surface area contributed by atoms with Gasteiger partial charge in [0, 0.05) is 47.7 Å². The van der Waals surface area contributed by atoms with Crippen molar-refractivity contribution in [2.45, 2.75) is 0 Å². The van der Waals surface area contributed by atoms with Crippen LogP contribution in [0.4, 0.5) is 0 Å². The number of fused-ring (bicyclic) bond motifs is 1. The molecule has 1 N–H and O–H groups in total. The van der Waals surface area contributed by atoms with Crippen molar-refractivity contribution in [3.05, 3.63) is 73.4 Å². The minimum Gasteiger partial charge on any atom is -0.367 e. The molecule has 96 valence electrons. The van der Waals surface area contributed by atoms with E-state index in [1.807, 2.05) is 30.9 Å². The van der Waals surface area contributed by atoms with Gasteiger partial charge in [-0.1, -0.05) is 30.3 Å². The number of hydrogen-bond donors (Lipinski definition) is 1. The highest BCUT2D eigenvalue weighted by molar-refractivity contribution is 5.82. The zero-order valence-corrected chi connectivity index (χ0v) is 10.8. The van der Waals surface area contributed by atoms with Crippen LogP contribution in [-0.4, -0.2) is 14.4 Å². The van der Waals surface area contributed by atoms with Gasteiger partial charge in [0.2, 0.25) is 0 Å². The number of aromatic amines is 1. The molecule has 0 saturated carbocycles. The average molecular weight is 259 g/mol. The Labute approximate surface area is 116 Å². The standard InChI is InChI=1S/C17H13N3/c1-2-4-13(5-3-1)16-10-15(14-6-7-18-11-14)12-20-9-8-19-17(16)20/h1-12,18H. The molecule has 0 bridgehead atoms. The molecule has 3 nitrogen and oxygen atoms in total. The molecule has 4 rings (SSSR count). The van der Waals surface area contributed by atoms with Gasteiger partial charge in [0.25, 0.3) is 0 Å². The Bertz CT molecular complexity index is 842. The van der Waals surface area contributed by atoms with E-state index >= 15 is 0 Å². The number of nitrogens with one attached hydrogen (secondary N) is 1. The van der Waals surface area contributed by atoms with Crippen LogP contribution in [0.1, 0.15) is 0 Å². The Balaban J connectivity index is 2.01. The summed E-state index contributed by atoms with van der Waals surface area (Å²) in [5, 5.41) is 0. The van der Waals surface area contributed by atoms with E-state index in [0.717, 1.165) is 11.2 Å². The quantitative estimate of drug-likeness (QED) is 0.580. The Morgan fingerprint density at radius 3 is 2.65 bits per heavy atom. The van der Waals surface area contributed by atoms with Crippen molar-refractivity contribution in [3.63, 3.8) is 0 Å². The van der Waals surface area contributed by atoms with Crippen LogP contribution >= 0.6 is 0 Å². The fraction of sp³-hybridized carbons (Fsp3) is 0. The molecule has 0 aliphatic heterocycles. The maximum atomic E-state index is 4.47. The second-order valence-corrected chi connectivity index (χ2v) is 4.77. The summed E-state index contributed by atoms with van der Waals surface area (Å²) in [6.07, 6.45) is 9.88. The van der Waals surface area contributed by atoms with Gasteiger partial charge >= 0.3 is 0 Å². The topological polar surface area (TPSA) is 33.1 Å². The largest absolute Gasteiger partial charge is 0.367 e. The van der Waals surface area contributed by atoms with E-state index in [4.69, 9.17) is 0 Å². The van der Waals surface area contributed by atoms with E-state index in [1.165, 1.54) is 16.7 Å². The molecule has 4 aromatic rings. The van der Waals surface area contributed by atoms with Crippen molar-refractivity contribution in [2.24, 2.45) is 0 Å². The fourth-order valence-corrected chi connectivity index (χ4v) is 2.52. The van der Waals surface area contributed by atoms with Crippen LogP contribution in [-0.2, 0) is 0 Å². The van der Waals surface area contributed by atoms with Gasteiger partial charge in [-0.3, -0.25) is 0 Å². The van der Waals surface area contributed by atoms with E-state index in [2.05, 4.69) is 57.0 Å². The van der Waals surface area contributed by atoms with E-state index in [-0.39, 0.29) is 0 Å². The van der Waals surface area contributed by atoms with Crippen molar-refractivity contribution >= 4 is 5.65 Å². The van der Waals surface area contributed by atoms with Gasteiger partial charge in [-0.05, 0) is 17.7 Å². The zero-order chi connectivity index (χ0) is 13.4. The molecule has 0 spiro atoms. The van der Waals surface area contributed by atoms with Gasteiger partial charge in [0.05, 0.1) is 0 Å². The monoisotopic (exact) mass is 259 g/mol. The molecule has 3 aromatic heterocycles. The van der Waals surface area contributed by atoms with Crippen LogP contribution in [0.5, 0.6) is 0 Å². The maximum absolute atomic E-state index is 4.47. The highest BCUT2D eigenvalue weighted by Gasteiger charge is 2.09. The van der Waals surface area contributed by atoms with Crippen molar-refractivity contribution in [3.8, 4) is 22.3 Å². The first-order valence-corrected chi connectivity index (χ1v) is 6.57. The lowest BCUT2D eigenvalue weighted by Crippen LogP contribution is -1.90. The molecule has 0 aliphatic carbocycles. The van der Waals surface area contributed by atoms with E-state index < -0.39 is 0 Å². The van der Waals surface area contributed by atoms with Crippen molar-refractivity contribution < 1.29 is 0 Å². The number of H-pyrrole nitrogens is 1. The van der Waals surface area contributed by atoms with Crippen LogP contribution in [0.3, 0.4) is 0 Å². The molecule has 0 amide bonds. The summed E-state index contributed by atoms with van der Waals surface area (Å²) < 4.78 is 2.07. The fourth-order valence-electron chi connectivity index (χ4n) is 2.52. The Hall–Kier alpha value is -2.81. The van der Waals surface area contributed by atoms with Gasteiger partial charge in [-0.2, -0.15) is 0 Å². The number of benzene rings is 1. The third-order valence-corrected chi connectivity index (χ3v) is 3.50. The minimum absolute atomic E-state index is 0.982. The van der Waals surface area contributed by atoms with E-state index in [1.54, 1.807) is 0 Å². The summed E-state index contributed by atoms with van der Waals surface area (Å²) in [7, 11) is 0. The molecular formula is C17H13N3. The lowest BCUT2D eigenvalue weighted by atomic mass is 10.0. The van der Waals surface area contributed by atoms with Crippen LogP contribution in [0.2, 0.25) is 0 Å². The molecular weight excluding hydrogens is 246 g/mol. The summed E-state index contributed by atoms with van der Waals surface area (Å²) in [5.74, 6) is 0. The van der Waals surface area contributed by atoms with Crippen LogP contribution in [0, 0.1) is 0 Å². The SMILES string of the molecule is c1ccc(-c2cc(-c3cc[nH]c3)cn3ccnc23)cc1. The first kappa shape index (κ1) is 11.1. The molecule has 1 aromatic carbocycles. The molecule has 3 heterocycles. The van der Waals surface area contributed by atoms with Gasteiger partial charge < -0.3 is 9.38 Å². The van der Waals surface area contributed by atoms with Crippen LogP contribution in [0.25, 0.3) is 27.9 Å². The van der Waals surface area contributed by atoms with Gasteiger partial charge in [-0.15, -0.1) is 0 Å². The number of rotatable bonds is 2. The summed E-state index contributed by atoms with van der Waals surface area (Å²) >= 11 is 0. The summed E-state index contributed by atoms with van der Waals surface area (Å²) in [4.78, 5) is 7.58. The highest BCUT2D eigenvalue weighted by Crippen LogP contribution is 2.29. The number of pyridine rings is 1. The van der Waals surface area contributed by atoms with E-state index in [9.17, 15) is 0 Å². The Morgan fingerprint density at radius 2 is 1.85 bits per heavy atom. The van der Waals surface area contributed by atoms with E-state index in [0.29, 0.717) is 0 Å². The number of nitrogens with zero attached hydrogens (tertiary/aromatic N) is 2. The molecule has 0 radical (unpaired) electrons. The third-order valence-electron chi connectivity index (χ3n) is 3.50. The maximum Gasteiger partial charge on any atom is 0.144 e. The molecule has 0 unspecified atom stereocenters. The summed E-state index contributed by atoms with van der Waals surface area (Å²) in [6, 6.07) is 14.6. The first-order valence-electron chi connectivity index (χ1n) is 6.57. The van der Waals surface area contributed by atoms with Crippen molar-refractivity contribution in [1.29, 1.82) is 0 Å². The number of hydrogen-bond acceptors (Lipinski definition) is 1. The molecule has 0 atom stereocenters. The molecule has 3 heteroatoms. The molecule has 20 heavy (non-hydrogen) atoms. The van der Waals surface area contributed by atoms with Crippen molar-refractivity contribution in [2.75, 3.05) is 0 Å². The Kier molecular flexibility index (Phi) is 2.42. The number of aromatic nitrogens is 3. The highest BCUT2D eigenvalue weighted by atomic mass is 15.0. The normalized spacial score (nSPS) is 11.0. The number of imidazole rings is 1. The summed E-state index contributed by atoms with van der Waals surface area (Å²) in [5.41, 5.74) is 5.67. The van der Waals surface area contributed by atoms with Gasteiger partial charge in [0.1, 0.15) is 5.65 Å². The Morgan fingerprint density at radius 1 is 0.950 bits per heavy atom.